The average molecular weight is 275 g/mol. The largest absolute Gasteiger partial charge is 0.508 e. The third-order valence-corrected chi connectivity index (χ3v) is 2.28. The van der Waals surface area contributed by atoms with Crippen LogP contribution in [0.5, 0.6) is 5.75 Å². The molecule has 0 aliphatic carbocycles. The summed E-state index contributed by atoms with van der Waals surface area (Å²) in [5.74, 6) is -2.97. The molecule has 0 unspecified atom stereocenters. The van der Waals surface area contributed by atoms with Gasteiger partial charge in [0.2, 0.25) is 11.7 Å². The van der Waals surface area contributed by atoms with Crippen LogP contribution in [0.25, 0.3) is 0 Å². The molecule has 1 aromatic carbocycles. The van der Waals surface area contributed by atoms with Crippen molar-refractivity contribution < 1.29 is 27.9 Å². The molecule has 1 amide bonds. The highest BCUT2D eigenvalue weighted by Crippen LogP contribution is 2.17. The number of halogens is 3. The van der Waals surface area contributed by atoms with Crippen LogP contribution in [0.4, 0.5) is 13.2 Å². The molecule has 0 spiro atoms. The SMILES string of the molecule is O=C(CC(=O)C(F)(F)F)NCCc1cccc(O)c1. The van der Waals surface area contributed by atoms with Gasteiger partial charge in [-0.1, -0.05) is 12.1 Å². The maximum absolute atomic E-state index is 11.9. The maximum Gasteiger partial charge on any atom is 0.450 e. The fourth-order valence-electron chi connectivity index (χ4n) is 1.37. The molecule has 4 nitrogen and oxygen atoms in total. The van der Waals surface area contributed by atoms with E-state index < -0.39 is 24.3 Å². The first-order chi connectivity index (χ1) is 8.79. The minimum Gasteiger partial charge on any atom is -0.508 e. The van der Waals surface area contributed by atoms with Gasteiger partial charge >= 0.3 is 6.18 Å². The molecule has 104 valence electrons. The van der Waals surface area contributed by atoms with E-state index in [0.29, 0.717) is 6.42 Å². The van der Waals surface area contributed by atoms with Crippen LogP contribution in [0.2, 0.25) is 0 Å². The second-order valence-electron chi connectivity index (χ2n) is 3.87. The molecule has 0 heterocycles. The van der Waals surface area contributed by atoms with Crippen LogP contribution in [0.15, 0.2) is 24.3 Å². The zero-order valence-corrected chi connectivity index (χ0v) is 9.83. The van der Waals surface area contributed by atoms with E-state index in [4.69, 9.17) is 0 Å². The zero-order valence-electron chi connectivity index (χ0n) is 9.83. The number of Topliss-reactive ketones (excluding diaryl/α,β-unsaturated/α-hetero) is 1. The molecule has 0 atom stereocenters. The van der Waals surface area contributed by atoms with Crippen molar-refractivity contribution in [1.29, 1.82) is 0 Å². The molecule has 0 aromatic heterocycles. The molecule has 19 heavy (non-hydrogen) atoms. The lowest BCUT2D eigenvalue weighted by Gasteiger charge is -2.07. The minimum atomic E-state index is -4.98. The van der Waals surface area contributed by atoms with Crippen LogP contribution in [0.1, 0.15) is 12.0 Å². The summed E-state index contributed by atoms with van der Waals surface area (Å²) < 4.78 is 35.7. The number of phenols is 1. The Morgan fingerprint density at radius 1 is 1.26 bits per heavy atom. The van der Waals surface area contributed by atoms with Gasteiger partial charge in [-0.3, -0.25) is 9.59 Å². The summed E-state index contributed by atoms with van der Waals surface area (Å²) in [6.45, 7) is 0.0907. The summed E-state index contributed by atoms with van der Waals surface area (Å²) in [5, 5.41) is 11.4. The number of benzene rings is 1. The van der Waals surface area contributed by atoms with Crippen molar-refractivity contribution in [3.05, 3.63) is 29.8 Å². The van der Waals surface area contributed by atoms with Crippen molar-refractivity contribution in [2.75, 3.05) is 6.54 Å². The zero-order chi connectivity index (χ0) is 14.5. The molecule has 7 heteroatoms. The number of hydrogen-bond donors (Lipinski definition) is 2. The van der Waals surface area contributed by atoms with Crippen LogP contribution in [0.3, 0.4) is 0 Å². The van der Waals surface area contributed by atoms with Crippen LogP contribution in [0, 0.1) is 0 Å². The van der Waals surface area contributed by atoms with E-state index in [9.17, 15) is 27.9 Å². The van der Waals surface area contributed by atoms with E-state index in [2.05, 4.69) is 5.32 Å². The summed E-state index contributed by atoms with van der Waals surface area (Å²) in [5.41, 5.74) is 0.724. The van der Waals surface area contributed by atoms with Crippen LogP contribution in [-0.4, -0.2) is 29.5 Å². The van der Waals surface area contributed by atoms with E-state index >= 15 is 0 Å². The van der Waals surface area contributed by atoms with Gasteiger partial charge in [0.05, 0.1) is 6.42 Å². The van der Waals surface area contributed by atoms with Gasteiger partial charge in [-0.2, -0.15) is 13.2 Å². The topological polar surface area (TPSA) is 66.4 Å². The Kier molecular flexibility index (Phi) is 4.91. The first-order valence-electron chi connectivity index (χ1n) is 5.43. The van der Waals surface area contributed by atoms with Crippen LogP contribution in [-0.2, 0) is 16.0 Å². The normalized spacial score (nSPS) is 11.1. The third kappa shape index (κ3) is 5.41. The van der Waals surface area contributed by atoms with E-state index in [-0.39, 0.29) is 12.3 Å². The van der Waals surface area contributed by atoms with Gasteiger partial charge in [0.25, 0.3) is 0 Å². The number of rotatable bonds is 5. The Balaban J connectivity index is 2.34. The molecule has 0 aliphatic rings. The van der Waals surface area contributed by atoms with Gasteiger partial charge in [0.15, 0.2) is 0 Å². The highest BCUT2D eigenvalue weighted by molar-refractivity contribution is 6.00. The molecular formula is C12H12F3NO3. The Morgan fingerprint density at radius 2 is 1.95 bits per heavy atom. The summed E-state index contributed by atoms with van der Waals surface area (Å²) in [6, 6.07) is 6.27. The fourth-order valence-corrected chi connectivity index (χ4v) is 1.37. The number of phenolic OH excluding ortho intramolecular Hbond substituents is 1. The summed E-state index contributed by atoms with van der Waals surface area (Å²) >= 11 is 0. The van der Waals surface area contributed by atoms with Crippen molar-refractivity contribution in [1.82, 2.24) is 5.32 Å². The first kappa shape index (κ1) is 15.0. The fraction of sp³-hybridized carbons (Fsp3) is 0.333. The second-order valence-corrected chi connectivity index (χ2v) is 3.87. The predicted molar refractivity (Wildman–Crippen MR) is 60.5 cm³/mol. The third-order valence-electron chi connectivity index (χ3n) is 2.28. The minimum absolute atomic E-state index is 0.0658. The first-order valence-corrected chi connectivity index (χ1v) is 5.43. The summed E-state index contributed by atoms with van der Waals surface area (Å²) in [4.78, 5) is 21.6. The van der Waals surface area contributed by atoms with Gasteiger partial charge in [-0.05, 0) is 24.1 Å². The summed E-state index contributed by atoms with van der Waals surface area (Å²) in [7, 11) is 0. The molecular weight excluding hydrogens is 263 g/mol. The lowest BCUT2D eigenvalue weighted by atomic mass is 10.1. The Labute approximate surface area is 107 Å². The van der Waals surface area contributed by atoms with E-state index in [1.807, 2.05) is 0 Å². The quantitative estimate of drug-likeness (QED) is 0.802. The number of aromatic hydroxyl groups is 1. The monoisotopic (exact) mass is 275 g/mol. The number of alkyl halides is 3. The van der Waals surface area contributed by atoms with Crippen LogP contribution < -0.4 is 5.32 Å². The highest BCUT2D eigenvalue weighted by Gasteiger charge is 2.39. The lowest BCUT2D eigenvalue weighted by molar-refractivity contribution is -0.172. The number of nitrogens with one attached hydrogen (secondary N) is 1. The molecule has 1 rings (SSSR count). The second kappa shape index (κ2) is 6.21. The molecule has 0 radical (unpaired) electrons. The van der Waals surface area contributed by atoms with Gasteiger partial charge in [-0.25, -0.2) is 0 Å². The average Bonchev–Trinajstić information content (AvgIpc) is 2.27. The summed E-state index contributed by atoms with van der Waals surface area (Å²) in [6.07, 6.45) is -5.84. The Morgan fingerprint density at radius 3 is 2.53 bits per heavy atom. The highest BCUT2D eigenvalue weighted by atomic mass is 19.4. The van der Waals surface area contributed by atoms with Gasteiger partial charge in [0.1, 0.15) is 5.75 Å². The van der Waals surface area contributed by atoms with Gasteiger partial charge < -0.3 is 10.4 Å². The number of ketones is 1. The Hall–Kier alpha value is -2.05. The van der Waals surface area contributed by atoms with Crippen molar-refractivity contribution >= 4 is 11.7 Å². The molecule has 2 N–H and O–H groups in total. The smallest absolute Gasteiger partial charge is 0.450 e. The van der Waals surface area contributed by atoms with Gasteiger partial charge in [0, 0.05) is 6.54 Å². The lowest BCUT2D eigenvalue weighted by Crippen LogP contribution is -2.32. The molecule has 0 saturated carbocycles. The predicted octanol–water partition coefficient (Wildman–Crippen LogP) is 1.57. The van der Waals surface area contributed by atoms with Gasteiger partial charge in [-0.15, -0.1) is 0 Å². The molecule has 0 bridgehead atoms. The number of amides is 1. The van der Waals surface area contributed by atoms with E-state index in [1.54, 1.807) is 12.1 Å². The molecule has 1 aromatic rings. The van der Waals surface area contributed by atoms with Crippen molar-refractivity contribution in [3.8, 4) is 5.75 Å². The number of carbonyl (C=O) groups excluding carboxylic acids is 2. The van der Waals surface area contributed by atoms with Crippen molar-refractivity contribution in [2.45, 2.75) is 19.0 Å². The number of carbonyl (C=O) groups is 2. The maximum atomic E-state index is 11.9. The standard InChI is InChI=1S/C12H12F3NO3/c13-12(14,15)10(18)7-11(19)16-5-4-8-2-1-3-9(17)6-8/h1-3,6,17H,4-5,7H2,(H,16,19). The van der Waals surface area contributed by atoms with Crippen LogP contribution >= 0.6 is 0 Å². The van der Waals surface area contributed by atoms with E-state index in [1.165, 1.54) is 12.1 Å². The van der Waals surface area contributed by atoms with Crippen molar-refractivity contribution in [3.63, 3.8) is 0 Å². The molecule has 0 saturated heterocycles. The van der Waals surface area contributed by atoms with Crippen molar-refractivity contribution in [2.24, 2.45) is 0 Å². The molecule has 0 aliphatic heterocycles. The van der Waals surface area contributed by atoms with E-state index in [0.717, 1.165) is 5.56 Å². The number of hydrogen-bond acceptors (Lipinski definition) is 3. The molecule has 0 fully saturated rings. The Bertz CT molecular complexity index is 472.